The van der Waals surface area contributed by atoms with E-state index >= 15 is 0 Å². The van der Waals surface area contributed by atoms with E-state index in [4.69, 9.17) is 21.1 Å². The predicted molar refractivity (Wildman–Crippen MR) is 115 cm³/mol. The minimum Gasteiger partial charge on any atom is -0.493 e. The van der Waals surface area contributed by atoms with Gasteiger partial charge in [-0.15, -0.1) is 0 Å². The lowest BCUT2D eigenvalue weighted by Gasteiger charge is -2.15. The number of hydrogen-bond donors (Lipinski definition) is 2. The molecule has 5 nitrogen and oxygen atoms in total. The number of hydrogen-bond acceptors (Lipinski definition) is 5. The molecule has 1 heterocycles. The zero-order chi connectivity index (χ0) is 19.6. The van der Waals surface area contributed by atoms with Crippen molar-refractivity contribution in [2.45, 2.75) is 12.4 Å². The molecule has 3 rings (SSSR count). The predicted octanol–water partition coefficient (Wildman–Crippen LogP) is 5.03. The molecule has 2 N–H and O–H groups in total. The van der Waals surface area contributed by atoms with E-state index in [1.807, 2.05) is 43.3 Å². The highest BCUT2D eigenvalue weighted by Gasteiger charge is 2.27. The Labute approximate surface area is 175 Å². The summed E-state index contributed by atoms with van der Waals surface area (Å²) < 4.78 is 11.4. The highest BCUT2D eigenvalue weighted by atomic mass is 79.9. The van der Waals surface area contributed by atoms with Crippen LogP contribution in [0.2, 0.25) is 5.02 Å². The van der Waals surface area contributed by atoms with Gasteiger partial charge >= 0.3 is 0 Å². The quantitative estimate of drug-likeness (QED) is 0.602. The highest BCUT2D eigenvalue weighted by Crippen LogP contribution is 2.38. The number of benzene rings is 2. The van der Waals surface area contributed by atoms with E-state index in [1.165, 1.54) is 11.8 Å². The van der Waals surface area contributed by atoms with E-state index in [1.54, 1.807) is 14.2 Å². The van der Waals surface area contributed by atoms with Crippen molar-refractivity contribution in [3.8, 4) is 11.5 Å². The maximum Gasteiger partial charge on any atom is 0.260 e. The van der Waals surface area contributed by atoms with Crippen molar-refractivity contribution < 1.29 is 14.3 Å². The lowest BCUT2D eigenvalue weighted by molar-refractivity contribution is -0.116. The van der Waals surface area contributed by atoms with Gasteiger partial charge in [0.15, 0.2) is 17.0 Å². The van der Waals surface area contributed by atoms with E-state index in [9.17, 15) is 4.79 Å². The van der Waals surface area contributed by atoms with Crippen molar-refractivity contribution in [1.29, 1.82) is 0 Å². The first-order chi connectivity index (χ1) is 12.9. The van der Waals surface area contributed by atoms with Gasteiger partial charge in [-0.25, -0.2) is 0 Å². The van der Waals surface area contributed by atoms with Crippen LogP contribution in [-0.4, -0.2) is 25.6 Å². The van der Waals surface area contributed by atoms with Gasteiger partial charge in [-0.2, -0.15) is 0 Å². The molecule has 1 saturated heterocycles. The molecule has 0 spiro atoms. The van der Waals surface area contributed by atoms with Gasteiger partial charge in [-0.1, -0.05) is 29.4 Å². The van der Waals surface area contributed by atoms with Crippen LogP contribution in [0, 0.1) is 6.92 Å². The fourth-order valence-corrected chi connectivity index (χ4v) is 4.40. The number of thioether (sulfide) groups is 1. The van der Waals surface area contributed by atoms with Crippen molar-refractivity contribution in [3.63, 3.8) is 0 Å². The number of halogens is 2. The molecule has 27 heavy (non-hydrogen) atoms. The second kappa shape index (κ2) is 8.46. The van der Waals surface area contributed by atoms with Gasteiger partial charge in [0.05, 0.1) is 23.6 Å². The second-order valence-electron chi connectivity index (χ2n) is 5.82. The molecule has 0 aliphatic carbocycles. The van der Waals surface area contributed by atoms with Crippen LogP contribution in [0.1, 0.15) is 11.1 Å². The molecule has 142 valence electrons. The van der Waals surface area contributed by atoms with E-state index in [-0.39, 0.29) is 11.4 Å². The first-order valence-corrected chi connectivity index (χ1v) is 10.1. The number of carbonyl (C=O) groups excluding carboxylic acids is 1. The van der Waals surface area contributed by atoms with Crippen LogP contribution in [-0.2, 0) is 4.79 Å². The Kier molecular flexibility index (Phi) is 6.24. The van der Waals surface area contributed by atoms with Crippen molar-refractivity contribution >= 4 is 57.0 Å². The molecule has 0 bridgehead atoms. The summed E-state index contributed by atoms with van der Waals surface area (Å²) in [6, 6.07) is 9.32. The van der Waals surface area contributed by atoms with Crippen LogP contribution >= 0.6 is 39.3 Å². The summed E-state index contributed by atoms with van der Waals surface area (Å²) in [7, 11) is 3.15. The number of ether oxygens (including phenoxy) is 2. The molecule has 0 saturated carbocycles. The zero-order valence-electron chi connectivity index (χ0n) is 14.9. The number of methoxy groups -OCH3 is 2. The lowest BCUT2D eigenvalue weighted by Crippen LogP contribution is -2.31. The average Bonchev–Trinajstić information content (AvgIpc) is 2.96. The molecule has 2 aromatic carbocycles. The fourth-order valence-electron chi connectivity index (χ4n) is 2.63. The smallest absolute Gasteiger partial charge is 0.260 e. The van der Waals surface area contributed by atoms with E-state index < -0.39 is 0 Å². The Hall–Kier alpha value is -1.83. The third-order valence-electron chi connectivity index (χ3n) is 3.97. The van der Waals surface area contributed by atoms with Gasteiger partial charge in [-0.05, 0) is 64.3 Å². The summed E-state index contributed by atoms with van der Waals surface area (Å²) in [5, 5.41) is 6.86. The molecule has 1 aliphatic rings. The minimum absolute atomic E-state index is 0.136. The van der Waals surface area contributed by atoms with Crippen LogP contribution in [0.5, 0.6) is 11.5 Å². The van der Waals surface area contributed by atoms with Crippen LogP contribution in [0.25, 0.3) is 6.08 Å². The number of nitrogens with one attached hydrogen (secondary N) is 2. The number of carbonyl (C=O) groups is 1. The Morgan fingerprint density at radius 1 is 1.26 bits per heavy atom. The van der Waals surface area contributed by atoms with Crippen molar-refractivity contribution in [1.82, 2.24) is 5.32 Å². The van der Waals surface area contributed by atoms with Crippen LogP contribution < -0.4 is 20.1 Å². The summed E-state index contributed by atoms with van der Waals surface area (Å²) in [4.78, 5) is 13.0. The Balaban J connectivity index is 1.81. The zero-order valence-corrected chi connectivity index (χ0v) is 18.1. The van der Waals surface area contributed by atoms with Crippen LogP contribution in [0.15, 0.2) is 39.7 Å². The largest absolute Gasteiger partial charge is 0.493 e. The van der Waals surface area contributed by atoms with Gasteiger partial charge in [-0.3, -0.25) is 4.79 Å². The molecule has 1 fully saturated rings. The Morgan fingerprint density at radius 3 is 2.74 bits per heavy atom. The number of rotatable bonds is 5. The SMILES string of the molecule is COc1cc(/C=C2\SC(Nc3cc(Cl)ccc3C)NC2=O)cc(Br)c1OC. The third kappa shape index (κ3) is 4.54. The van der Waals surface area contributed by atoms with Gasteiger partial charge in [0.25, 0.3) is 5.91 Å². The minimum atomic E-state index is -0.274. The summed E-state index contributed by atoms with van der Waals surface area (Å²) in [5.74, 6) is 1.06. The maximum atomic E-state index is 12.4. The number of anilines is 1. The number of aryl methyl sites for hydroxylation is 1. The Bertz CT molecular complexity index is 920. The van der Waals surface area contributed by atoms with Crippen molar-refractivity contribution in [2.24, 2.45) is 0 Å². The standard InChI is InChI=1S/C19H18BrClN2O3S/c1-10-4-5-12(21)9-14(10)22-19-23-18(24)16(27-19)8-11-6-13(20)17(26-3)15(7-11)25-2/h4-9,19,22H,1-3H3,(H,23,24)/b16-8-. The Morgan fingerprint density at radius 2 is 2.04 bits per heavy atom. The molecular formula is C19H18BrClN2O3S. The summed E-state index contributed by atoms with van der Waals surface area (Å²) in [6.07, 6.45) is 1.82. The van der Waals surface area contributed by atoms with Crippen LogP contribution in [0.3, 0.4) is 0 Å². The van der Waals surface area contributed by atoms with E-state index in [2.05, 4.69) is 26.6 Å². The third-order valence-corrected chi connectivity index (χ3v) is 5.82. The molecule has 8 heteroatoms. The first-order valence-electron chi connectivity index (χ1n) is 8.04. The molecule has 1 amide bonds. The van der Waals surface area contributed by atoms with Crippen LogP contribution in [0.4, 0.5) is 5.69 Å². The molecule has 0 radical (unpaired) electrons. The molecule has 1 atom stereocenters. The number of amides is 1. The molecule has 2 aromatic rings. The fraction of sp³-hybridized carbons (Fsp3) is 0.211. The summed E-state index contributed by atoms with van der Waals surface area (Å²) >= 11 is 10.9. The monoisotopic (exact) mass is 468 g/mol. The molecule has 0 aromatic heterocycles. The topological polar surface area (TPSA) is 59.6 Å². The highest BCUT2D eigenvalue weighted by molar-refractivity contribution is 9.10. The van der Waals surface area contributed by atoms with Crippen molar-refractivity contribution in [3.05, 3.63) is 55.9 Å². The lowest BCUT2D eigenvalue weighted by atomic mass is 10.2. The van der Waals surface area contributed by atoms with E-state index in [0.29, 0.717) is 21.4 Å². The maximum absolute atomic E-state index is 12.4. The normalized spacial score (nSPS) is 17.7. The molecule has 1 unspecified atom stereocenters. The van der Waals surface area contributed by atoms with Gasteiger partial charge < -0.3 is 20.1 Å². The van der Waals surface area contributed by atoms with E-state index in [0.717, 1.165) is 21.3 Å². The van der Waals surface area contributed by atoms with Gasteiger partial charge in [0, 0.05) is 10.7 Å². The van der Waals surface area contributed by atoms with Gasteiger partial charge in [0.2, 0.25) is 0 Å². The molecule has 1 aliphatic heterocycles. The second-order valence-corrected chi connectivity index (χ2v) is 8.26. The van der Waals surface area contributed by atoms with Crippen molar-refractivity contribution in [2.75, 3.05) is 19.5 Å². The summed E-state index contributed by atoms with van der Waals surface area (Å²) in [5.41, 5.74) is 2.49. The average molecular weight is 470 g/mol. The first kappa shape index (κ1) is 19.9. The molecular weight excluding hydrogens is 452 g/mol. The van der Waals surface area contributed by atoms with Gasteiger partial charge in [0.1, 0.15) is 0 Å². The summed E-state index contributed by atoms with van der Waals surface area (Å²) in [6.45, 7) is 1.98.